The normalized spacial score (nSPS) is 10.3. The van der Waals surface area contributed by atoms with Gasteiger partial charge in [-0.15, -0.1) is 0 Å². The Hall–Kier alpha value is 0.0600. The molecule has 0 radical (unpaired) electrons. The Morgan fingerprint density at radius 3 is 2.00 bits per heavy atom. The summed E-state index contributed by atoms with van der Waals surface area (Å²) < 4.78 is 37.8. The van der Waals surface area contributed by atoms with Gasteiger partial charge in [-0.25, -0.2) is 13.2 Å². The fraction of sp³-hybridized carbons (Fsp3) is 0. The number of halogens is 3. The highest BCUT2D eigenvalue weighted by Gasteiger charge is 2.11. The quantitative estimate of drug-likeness (QED) is 0.605. The molecular formula is C6H3F3S3. The lowest BCUT2D eigenvalue weighted by atomic mass is 10.3. The molecule has 0 fully saturated rings. The van der Waals surface area contributed by atoms with E-state index in [2.05, 4.69) is 11.7 Å². The van der Waals surface area contributed by atoms with Gasteiger partial charge in [0, 0.05) is 12.1 Å². The fourth-order valence-corrected chi connectivity index (χ4v) is 2.37. The van der Waals surface area contributed by atoms with Gasteiger partial charge in [0.25, 0.3) is 0 Å². The number of thiol groups is 1. The maximum absolute atomic E-state index is 12.8. The molecule has 66 valence electrons. The van der Waals surface area contributed by atoms with E-state index in [1.54, 1.807) is 0 Å². The highest BCUT2D eigenvalue weighted by molar-refractivity contribution is 9.05. The van der Waals surface area contributed by atoms with E-state index >= 15 is 0 Å². The third kappa shape index (κ3) is 2.27. The summed E-state index contributed by atoms with van der Waals surface area (Å²) in [6, 6.07) is 1.27. The van der Waals surface area contributed by atoms with Crippen molar-refractivity contribution >= 4 is 32.3 Å². The molecule has 0 unspecified atom stereocenters. The average Bonchev–Trinajstić information content (AvgIpc) is 1.96. The summed E-state index contributed by atoms with van der Waals surface area (Å²) in [4.78, 5) is -0.226. The van der Waals surface area contributed by atoms with E-state index in [4.69, 9.17) is 0 Å². The van der Waals surface area contributed by atoms with Crippen molar-refractivity contribution in [2.75, 3.05) is 0 Å². The maximum atomic E-state index is 12.8. The Labute approximate surface area is 80.1 Å². The molecule has 0 heterocycles. The first-order valence-corrected chi connectivity index (χ1v) is 5.98. The Bertz CT molecular complexity index is 266. The summed E-state index contributed by atoms with van der Waals surface area (Å²) in [6.45, 7) is 0. The van der Waals surface area contributed by atoms with E-state index in [-0.39, 0.29) is 4.90 Å². The van der Waals surface area contributed by atoms with Crippen molar-refractivity contribution in [2.24, 2.45) is 0 Å². The van der Waals surface area contributed by atoms with Crippen LogP contribution in [0.5, 0.6) is 0 Å². The summed E-state index contributed by atoms with van der Waals surface area (Å²) in [6.07, 6.45) is 0. The van der Waals surface area contributed by atoms with Crippen LogP contribution in [0.3, 0.4) is 0 Å². The first-order valence-electron chi connectivity index (χ1n) is 2.78. The Kier molecular flexibility index (Phi) is 3.67. The van der Waals surface area contributed by atoms with Crippen LogP contribution in [0.4, 0.5) is 13.2 Å². The zero-order valence-corrected chi connectivity index (χ0v) is 8.08. The highest BCUT2D eigenvalue weighted by Crippen LogP contribution is 2.37. The molecule has 0 aliphatic heterocycles. The van der Waals surface area contributed by atoms with Gasteiger partial charge in [0.1, 0.15) is 17.5 Å². The number of hydrogen-bond donors (Lipinski definition) is 1. The molecule has 0 aliphatic rings. The molecule has 1 aromatic carbocycles. The summed E-state index contributed by atoms with van der Waals surface area (Å²) in [5.41, 5.74) is 0. The summed E-state index contributed by atoms with van der Waals surface area (Å²) in [5, 5.41) is 0. The van der Waals surface area contributed by atoms with Gasteiger partial charge in [0.2, 0.25) is 0 Å². The van der Waals surface area contributed by atoms with Crippen LogP contribution in [-0.2, 0) is 0 Å². The number of hydrogen-bond acceptors (Lipinski definition) is 3. The van der Waals surface area contributed by atoms with Crippen molar-refractivity contribution in [3.05, 3.63) is 29.6 Å². The highest BCUT2D eigenvalue weighted by atomic mass is 33.5. The molecule has 0 aromatic heterocycles. The smallest absolute Gasteiger partial charge is 0.143 e. The van der Waals surface area contributed by atoms with Crippen LogP contribution in [0.2, 0.25) is 0 Å². The Morgan fingerprint density at radius 1 is 1.08 bits per heavy atom. The minimum absolute atomic E-state index is 0.226. The topological polar surface area (TPSA) is 0 Å². The molecule has 0 saturated heterocycles. The van der Waals surface area contributed by atoms with Gasteiger partial charge in [-0.3, -0.25) is 0 Å². The molecule has 6 heteroatoms. The predicted octanol–water partition coefficient (Wildman–Crippen LogP) is 3.69. The molecule has 0 N–H and O–H groups in total. The van der Waals surface area contributed by atoms with Crippen LogP contribution in [0.15, 0.2) is 17.0 Å². The van der Waals surface area contributed by atoms with E-state index < -0.39 is 17.5 Å². The standard InChI is InChI=1S/C6H3F3S3/c7-3-1-4(8)6(11-12-10)5(9)2-3/h1-2,10H. The van der Waals surface area contributed by atoms with Crippen molar-refractivity contribution < 1.29 is 13.2 Å². The molecule has 0 bridgehead atoms. The zero-order chi connectivity index (χ0) is 9.14. The molecule has 0 atom stereocenters. The fourth-order valence-electron chi connectivity index (χ4n) is 0.646. The van der Waals surface area contributed by atoms with Gasteiger partial charge >= 0.3 is 0 Å². The lowest BCUT2D eigenvalue weighted by Gasteiger charge is -2.00. The molecule has 12 heavy (non-hydrogen) atoms. The SMILES string of the molecule is Fc1cc(F)c(SSS)c(F)c1. The molecule has 0 spiro atoms. The maximum Gasteiger partial charge on any atom is 0.143 e. The van der Waals surface area contributed by atoms with Crippen LogP contribution < -0.4 is 0 Å². The average molecular weight is 228 g/mol. The minimum Gasteiger partial charge on any atom is -0.207 e. The van der Waals surface area contributed by atoms with Crippen molar-refractivity contribution in [3.63, 3.8) is 0 Å². The second kappa shape index (κ2) is 4.34. The van der Waals surface area contributed by atoms with Crippen LogP contribution in [0, 0.1) is 17.5 Å². The summed E-state index contributed by atoms with van der Waals surface area (Å²) in [5.74, 6) is -2.73. The lowest BCUT2D eigenvalue weighted by Crippen LogP contribution is -1.88. The van der Waals surface area contributed by atoms with E-state index in [0.717, 1.165) is 20.6 Å². The van der Waals surface area contributed by atoms with Gasteiger partial charge in [-0.2, -0.15) is 0 Å². The molecule has 0 amide bonds. The zero-order valence-electron chi connectivity index (χ0n) is 5.55. The van der Waals surface area contributed by atoms with Crippen molar-refractivity contribution in [1.29, 1.82) is 0 Å². The summed E-state index contributed by atoms with van der Waals surface area (Å²) in [7, 11) is 1.70. The largest absolute Gasteiger partial charge is 0.207 e. The van der Waals surface area contributed by atoms with E-state index in [1.165, 1.54) is 0 Å². The molecule has 0 nitrogen and oxygen atoms in total. The van der Waals surface area contributed by atoms with E-state index in [9.17, 15) is 13.2 Å². The van der Waals surface area contributed by atoms with Crippen LogP contribution in [0.1, 0.15) is 0 Å². The van der Waals surface area contributed by atoms with Gasteiger partial charge in [-0.1, -0.05) is 11.7 Å². The predicted molar refractivity (Wildman–Crippen MR) is 48.8 cm³/mol. The molecule has 1 aromatic rings. The first-order chi connectivity index (χ1) is 5.65. The molecule has 0 aliphatic carbocycles. The monoisotopic (exact) mass is 228 g/mol. The minimum atomic E-state index is -0.918. The number of rotatable bonds is 2. The van der Waals surface area contributed by atoms with Crippen LogP contribution in [-0.4, -0.2) is 0 Å². The number of benzene rings is 1. The molecular weight excluding hydrogens is 225 g/mol. The van der Waals surface area contributed by atoms with Gasteiger partial charge < -0.3 is 0 Å². The van der Waals surface area contributed by atoms with Gasteiger partial charge in [0.15, 0.2) is 0 Å². The van der Waals surface area contributed by atoms with E-state index in [1.807, 2.05) is 0 Å². The third-order valence-corrected chi connectivity index (χ3v) is 3.11. The van der Waals surface area contributed by atoms with Crippen LogP contribution >= 0.6 is 32.3 Å². The lowest BCUT2D eigenvalue weighted by molar-refractivity contribution is 0.511. The molecule has 0 saturated carbocycles. The second-order valence-corrected chi connectivity index (χ2v) is 4.87. The van der Waals surface area contributed by atoms with Crippen molar-refractivity contribution in [2.45, 2.75) is 4.90 Å². The van der Waals surface area contributed by atoms with E-state index in [0.29, 0.717) is 12.1 Å². The Balaban J connectivity index is 3.10. The molecule has 1 rings (SSSR count). The van der Waals surface area contributed by atoms with Crippen molar-refractivity contribution in [3.8, 4) is 0 Å². The van der Waals surface area contributed by atoms with Crippen LogP contribution in [0.25, 0.3) is 0 Å². The third-order valence-electron chi connectivity index (χ3n) is 1.08. The van der Waals surface area contributed by atoms with Gasteiger partial charge in [0.05, 0.1) is 4.90 Å². The van der Waals surface area contributed by atoms with Crippen molar-refractivity contribution in [1.82, 2.24) is 0 Å². The first kappa shape index (κ1) is 10.1. The second-order valence-electron chi connectivity index (χ2n) is 1.86. The summed E-state index contributed by atoms with van der Waals surface area (Å²) >= 11 is 3.70. The van der Waals surface area contributed by atoms with Gasteiger partial charge in [-0.05, 0) is 20.6 Å². The Morgan fingerprint density at radius 2 is 1.58 bits per heavy atom.